The molecule has 104 valence electrons. The van der Waals surface area contributed by atoms with Crippen molar-refractivity contribution in [3.8, 4) is 5.75 Å². The molecule has 0 bridgehead atoms. The van der Waals surface area contributed by atoms with Gasteiger partial charge >= 0.3 is 0 Å². The van der Waals surface area contributed by atoms with E-state index in [1.807, 2.05) is 21.4 Å². The zero-order valence-electron chi connectivity index (χ0n) is 12.6. The van der Waals surface area contributed by atoms with E-state index in [1.54, 1.807) is 0 Å². The summed E-state index contributed by atoms with van der Waals surface area (Å²) in [6.45, 7) is 12.6. The molecule has 0 spiro atoms. The van der Waals surface area contributed by atoms with Gasteiger partial charge in [-0.1, -0.05) is 47.6 Å². The highest BCUT2D eigenvalue weighted by molar-refractivity contribution is 6.80. The Hall–Kier alpha value is -0.488. The third kappa shape index (κ3) is 4.84. The molecule has 0 saturated carbocycles. The molecule has 0 saturated heterocycles. The van der Waals surface area contributed by atoms with Gasteiger partial charge in [0.05, 0.1) is 0 Å². The van der Waals surface area contributed by atoms with Gasteiger partial charge in [0.2, 0.25) is 0 Å². The van der Waals surface area contributed by atoms with E-state index in [4.69, 9.17) is 5.41 Å². The van der Waals surface area contributed by atoms with Crippen LogP contribution in [0.5, 0.6) is 5.75 Å². The van der Waals surface area contributed by atoms with E-state index in [0.717, 1.165) is 11.1 Å². The van der Waals surface area contributed by atoms with Gasteiger partial charge in [-0.3, -0.25) is 10.0 Å². The average molecular weight is 296 g/mol. The molecule has 1 aromatic rings. The molecule has 0 aliphatic rings. The summed E-state index contributed by atoms with van der Waals surface area (Å²) in [5.74, 6) is 0.237. The highest BCUT2D eigenvalue weighted by Crippen LogP contribution is 2.36. The van der Waals surface area contributed by atoms with Crippen molar-refractivity contribution in [3.63, 3.8) is 0 Å². The monoisotopic (exact) mass is 295 g/mol. The number of nitrogens with one attached hydrogen (secondary N) is 1. The summed E-state index contributed by atoms with van der Waals surface area (Å²) in [4.78, 5) is 0. The normalized spacial score (nSPS) is 11.5. The van der Waals surface area contributed by atoms with E-state index < -0.39 is 0 Å². The molecule has 1 rings (SSSR count). The summed E-state index contributed by atoms with van der Waals surface area (Å²) in [6.07, 6.45) is 1.22. The van der Waals surface area contributed by atoms with Crippen molar-refractivity contribution in [2.75, 3.05) is 0 Å². The van der Waals surface area contributed by atoms with Gasteiger partial charge in [-0.15, -0.1) is 0 Å². The molecule has 19 heavy (non-hydrogen) atoms. The van der Waals surface area contributed by atoms with Crippen molar-refractivity contribution in [2.45, 2.75) is 52.4 Å². The Bertz CT molecular complexity index is 445. The van der Waals surface area contributed by atoms with E-state index in [2.05, 4.69) is 57.7 Å². The van der Waals surface area contributed by atoms with Crippen LogP contribution >= 0.6 is 10.0 Å². The van der Waals surface area contributed by atoms with Crippen molar-refractivity contribution >= 4 is 31.6 Å². The fraction of sp³-hybridized carbons (Fsp3) is 0.533. The number of rotatable bonds is 1. The quantitative estimate of drug-likeness (QED) is 0.589. The number of aromatic hydroxyl groups is 1. The number of benzene rings is 1. The third-order valence-corrected chi connectivity index (χ3v) is 2.97. The predicted octanol–water partition coefficient (Wildman–Crippen LogP) is 4.29. The Morgan fingerprint density at radius 2 is 1.53 bits per heavy atom. The van der Waals surface area contributed by atoms with Crippen LogP contribution in [0.2, 0.25) is 0 Å². The summed E-state index contributed by atoms with van der Waals surface area (Å²) in [6, 6.07) is 3.96. The minimum atomic E-state index is -0.122. The highest BCUT2D eigenvalue weighted by Gasteiger charge is 2.24. The van der Waals surface area contributed by atoms with Crippen LogP contribution in [0.1, 0.15) is 58.2 Å². The van der Waals surface area contributed by atoms with Crippen LogP contribution in [0.3, 0.4) is 0 Å². The van der Waals surface area contributed by atoms with Crippen LogP contribution in [0.4, 0.5) is 0 Å². The summed E-state index contributed by atoms with van der Waals surface area (Å²) < 4.78 is 0. The lowest BCUT2D eigenvalue weighted by molar-refractivity contribution is 0.444. The molecule has 4 heteroatoms. The first-order chi connectivity index (χ1) is 8.57. The third-order valence-electron chi connectivity index (χ3n) is 2.97. The average Bonchev–Trinajstić information content (AvgIpc) is 2.29. The Morgan fingerprint density at radius 3 is 1.84 bits per heavy atom. The molecule has 2 radical (unpaired) electrons. The number of hydrogen-bond acceptors (Lipinski definition) is 2. The maximum absolute atomic E-state index is 10.2. The van der Waals surface area contributed by atoms with Crippen LogP contribution in [-0.4, -0.2) is 26.7 Å². The first-order valence-electron chi connectivity index (χ1n) is 6.17. The number of phenols is 1. The van der Waals surface area contributed by atoms with E-state index in [-0.39, 0.29) is 16.6 Å². The Balaban J connectivity index is 0.00000154. The summed E-state index contributed by atoms with van der Waals surface area (Å²) >= 11 is 1.89. The van der Waals surface area contributed by atoms with Crippen molar-refractivity contribution in [1.82, 2.24) is 0 Å². The minimum Gasteiger partial charge on any atom is -0.507 e. The van der Waals surface area contributed by atoms with Crippen molar-refractivity contribution in [2.24, 2.45) is 0 Å². The second-order valence-electron chi connectivity index (χ2n) is 6.61. The van der Waals surface area contributed by atoms with E-state index in [9.17, 15) is 5.11 Å². The fourth-order valence-electron chi connectivity index (χ4n) is 1.77. The van der Waals surface area contributed by atoms with Gasteiger partial charge in [0, 0.05) is 17.3 Å². The second-order valence-corrected chi connectivity index (χ2v) is 6.61. The van der Waals surface area contributed by atoms with Crippen LogP contribution in [0, 0.1) is 5.41 Å². The molecule has 0 unspecified atom stereocenters. The lowest BCUT2D eigenvalue weighted by Gasteiger charge is -2.26. The molecule has 2 N–H and O–H groups in total. The summed E-state index contributed by atoms with van der Waals surface area (Å²) in [5, 5.41) is 17.6. The van der Waals surface area contributed by atoms with E-state index in [1.165, 1.54) is 6.21 Å². The van der Waals surface area contributed by atoms with Crippen LogP contribution in [-0.2, 0) is 10.8 Å². The van der Waals surface area contributed by atoms with Crippen molar-refractivity contribution < 1.29 is 5.11 Å². The lowest BCUT2D eigenvalue weighted by atomic mass is 9.79. The maximum atomic E-state index is 10.2. The molecule has 0 aliphatic heterocycles. The molecule has 0 fully saturated rings. The molecule has 1 aromatic carbocycles. The molecular weight excluding hydrogens is 273 g/mol. The zero-order chi connectivity index (χ0) is 15.4. The van der Waals surface area contributed by atoms with Crippen molar-refractivity contribution in [1.29, 1.82) is 5.41 Å². The number of phenolic OH excluding ortho intramolecular Hbond substituents is 1. The van der Waals surface area contributed by atoms with E-state index >= 15 is 0 Å². The molecule has 0 amide bonds. The first kappa shape index (κ1) is 18.5. The second kappa shape index (κ2) is 6.79. The van der Waals surface area contributed by atoms with Gasteiger partial charge in [-0.05, 0) is 22.5 Å². The van der Waals surface area contributed by atoms with Gasteiger partial charge in [-0.25, -0.2) is 0 Å². The van der Waals surface area contributed by atoms with E-state index in [0.29, 0.717) is 5.56 Å². The molecule has 0 atom stereocenters. The lowest BCUT2D eigenvalue weighted by Crippen LogP contribution is -2.17. The SMILES string of the molecule is CC(C)(C)c1cc(C=N)c(O)c(C(C)(C)C)c1.[Al][Cl]. The molecule has 0 aromatic heterocycles. The fourth-order valence-corrected chi connectivity index (χ4v) is 1.77. The Kier molecular flexibility index (Phi) is 6.62. The van der Waals surface area contributed by atoms with Gasteiger partial charge < -0.3 is 10.5 Å². The highest BCUT2D eigenvalue weighted by atomic mass is 35.6. The van der Waals surface area contributed by atoms with Gasteiger partial charge in [-0.2, -0.15) is 0 Å². The van der Waals surface area contributed by atoms with Gasteiger partial charge in [0.1, 0.15) is 5.75 Å². The minimum absolute atomic E-state index is 0.0193. The molecule has 0 aliphatic carbocycles. The van der Waals surface area contributed by atoms with Crippen LogP contribution in [0.25, 0.3) is 0 Å². The molecular formula is C15H23AlClNO. The van der Waals surface area contributed by atoms with Crippen LogP contribution < -0.4 is 0 Å². The number of hydrogen-bond donors (Lipinski definition) is 2. The van der Waals surface area contributed by atoms with Gasteiger partial charge in [0.25, 0.3) is 15.4 Å². The summed E-state index contributed by atoms with van der Waals surface area (Å²) in [7, 11) is 4.56. The Morgan fingerprint density at radius 1 is 1.05 bits per heavy atom. The van der Waals surface area contributed by atoms with Crippen LogP contribution in [0.15, 0.2) is 12.1 Å². The molecule has 0 heterocycles. The van der Waals surface area contributed by atoms with Gasteiger partial charge in [0.15, 0.2) is 0 Å². The standard InChI is InChI=1S/C15H23NO.Al.ClH/c1-14(2,3)11-7-10(9-16)13(17)12(8-11)15(4,5)6;;/h7-9,16-17H,1-6H3;;1H/q;+1;/p-1. The topological polar surface area (TPSA) is 44.1 Å². The first-order valence-corrected chi connectivity index (χ1v) is 7.92. The predicted molar refractivity (Wildman–Crippen MR) is 85.0 cm³/mol. The Labute approximate surface area is 129 Å². The smallest absolute Gasteiger partial charge is 0.293 e. The molecule has 2 nitrogen and oxygen atoms in total. The number of halogens is 1. The van der Waals surface area contributed by atoms with Crippen molar-refractivity contribution in [3.05, 3.63) is 28.8 Å². The largest absolute Gasteiger partial charge is 0.507 e. The summed E-state index contributed by atoms with van der Waals surface area (Å²) in [5.41, 5.74) is 2.55. The maximum Gasteiger partial charge on any atom is 0.293 e. The zero-order valence-corrected chi connectivity index (χ0v) is 14.5.